The molecule has 5 heavy (non-hydrogen) atoms. The van der Waals surface area contributed by atoms with Gasteiger partial charge in [0.15, 0.2) is 0 Å². The monoisotopic (exact) mass is 207 g/mol. The van der Waals surface area contributed by atoms with Gasteiger partial charge in [-0.3, -0.25) is 4.84 Å². The lowest BCUT2D eigenvalue weighted by atomic mass is 11.7. The molecule has 0 aliphatic rings. The smallest absolute Gasteiger partial charge is 0.0716 e. The number of hydrogen-bond donors (Lipinski definition) is 0. The highest BCUT2D eigenvalue weighted by molar-refractivity contribution is 14.1. The maximum atomic E-state index is 5.06. The molecule has 0 atom stereocenters. The van der Waals surface area contributed by atoms with Gasteiger partial charge < -0.3 is 0 Å². The Bertz CT molecular complexity index is 25.6. The SMILES string of the molecule is CON(Cl)I. The lowest BCUT2D eigenvalue weighted by Gasteiger charge is -1.93. The molecule has 0 aromatic carbocycles. The molecule has 0 N–H and O–H groups in total. The van der Waals surface area contributed by atoms with Crippen molar-refractivity contribution in [2.45, 2.75) is 0 Å². The predicted octanol–water partition coefficient (Wildman–Crippen LogP) is 1.35. The number of rotatable bonds is 1. The minimum atomic E-state index is 1.07. The quantitative estimate of drug-likeness (QED) is 0.366. The number of hydrogen-bond acceptors (Lipinski definition) is 2. The minimum absolute atomic E-state index is 1.07. The fraction of sp³-hybridized carbons (Fsp3) is 1.00. The third kappa shape index (κ3) is 4.94. The lowest BCUT2D eigenvalue weighted by Crippen LogP contribution is -1.88. The van der Waals surface area contributed by atoms with E-state index >= 15 is 0 Å². The van der Waals surface area contributed by atoms with Crippen LogP contribution in [0.3, 0.4) is 0 Å². The third-order valence-corrected chi connectivity index (χ3v) is 0.670. The molecule has 0 aliphatic carbocycles. The van der Waals surface area contributed by atoms with Gasteiger partial charge in [-0.2, -0.15) is 0 Å². The number of halogens is 2. The molecule has 0 heterocycles. The molecule has 0 radical (unpaired) electrons. The van der Waals surface area contributed by atoms with E-state index in [9.17, 15) is 0 Å². The van der Waals surface area contributed by atoms with Crippen LogP contribution in [0.15, 0.2) is 0 Å². The van der Waals surface area contributed by atoms with Crippen molar-refractivity contribution in [2.24, 2.45) is 0 Å². The van der Waals surface area contributed by atoms with Gasteiger partial charge in [-0.05, 0) is 2.80 Å². The van der Waals surface area contributed by atoms with Crippen molar-refractivity contribution in [3.63, 3.8) is 0 Å². The first-order valence-corrected chi connectivity index (χ1v) is 2.23. The van der Waals surface area contributed by atoms with Gasteiger partial charge in [0.05, 0.1) is 30.0 Å². The summed E-state index contributed by atoms with van der Waals surface area (Å²) in [5.74, 6) is 0. The van der Waals surface area contributed by atoms with Crippen molar-refractivity contribution in [3.05, 3.63) is 0 Å². The summed E-state index contributed by atoms with van der Waals surface area (Å²) < 4.78 is 1.07. The van der Waals surface area contributed by atoms with Crippen LogP contribution in [0.1, 0.15) is 0 Å². The normalized spacial score (nSPS) is 9.60. The molecule has 0 bridgehead atoms. The first-order valence-electron chi connectivity index (χ1n) is 0.929. The predicted molar refractivity (Wildman–Crippen MR) is 28.7 cm³/mol. The maximum Gasteiger partial charge on any atom is 0.0716 e. The minimum Gasteiger partial charge on any atom is -0.278 e. The molecule has 0 aromatic rings. The zero-order valence-corrected chi connectivity index (χ0v) is 5.52. The van der Waals surface area contributed by atoms with Crippen LogP contribution in [0.2, 0.25) is 0 Å². The molecule has 32 valence electrons. The Kier molecular flexibility index (Phi) is 3.73. The van der Waals surface area contributed by atoms with Crippen molar-refractivity contribution < 1.29 is 4.84 Å². The zero-order chi connectivity index (χ0) is 4.28. The standard InChI is InChI=1S/CH3ClINO/c1-5-4(2)3/h1H3. The molecule has 0 aromatic heterocycles. The third-order valence-electron chi connectivity index (χ3n) is 0.138. The second kappa shape index (κ2) is 3.14. The summed E-state index contributed by atoms with van der Waals surface area (Å²) in [4.78, 5) is 4.34. The van der Waals surface area contributed by atoms with E-state index in [0.717, 1.165) is 2.80 Å². The zero-order valence-electron chi connectivity index (χ0n) is 2.61. The van der Waals surface area contributed by atoms with E-state index in [1.54, 1.807) is 22.9 Å². The summed E-state index contributed by atoms with van der Waals surface area (Å²) in [5.41, 5.74) is 0. The first-order chi connectivity index (χ1) is 2.27. The summed E-state index contributed by atoms with van der Waals surface area (Å²) in [6.07, 6.45) is 0. The van der Waals surface area contributed by atoms with Gasteiger partial charge in [0.1, 0.15) is 0 Å². The van der Waals surface area contributed by atoms with E-state index in [1.165, 1.54) is 7.11 Å². The van der Waals surface area contributed by atoms with Gasteiger partial charge in [0.25, 0.3) is 0 Å². The van der Waals surface area contributed by atoms with Crippen molar-refractivity contribution >= 4 is 34.6 Å². The Balaban J connectivity index is 2.54. The summed E-state index contributed by atoms with van der Waals surface area (Å²) in [6, 6.07) is 0. The molecule has 4 heteroatoms. The average Bonchev–Trinajstić information content (AvgIpc) is 1.38. The van der Waals surface area contributed by atoms with Crippen molar-refractivity contribution in [1.82, 2.24) is 2.80 Å². The van der Waals surface area contributed by atoms with E-state index in [4.69, 9.17) is 11.8 Å². The fourth-order valence-electron chi connectivity index (χ4n) is 0. The van der Waals surface area contributed by atoms with Crippen LogP contribution in [0.4, 0.5) is 0 Å². The highest BCUT2D eigenvalue weighted by Gasteiger charge is 1.79. The van der Waals surface area contributed by atoms with Crippen LogP contribution in [-0.2, 0) is 4.84 Å². The maximum absolute atomic E-state index is 5.06. The van der Waals surface area contributed by atoms with E-state index in [2.05, 4.69) is 4.84 Å². The molecule has 0 spiro atoms. The van der Waals surface area contributed by atoms with Gasteiger partial charge in [0, 0.05) is 11.8 Å². The molecular weight excluding hydrogens is 204 g/mol. The molecule has 2 nitrogen and oxygen atoms in total. The summed E-state index contributed by atoms with van der Waals surface area (Å²) >= 11 is 6.84. The second-order valence-electron chi connectivity index (χ2n) is 0.384. The molecule has 0 fully saturated rings. The molecule has 0 rings (SSSR count). The van der Waals surface area contributed by atoms with E-state index in [-0.39, 0.29) is 0 Å². The molecular formula is CH3ClINO. The summed E-state index contributed by atoms with van der Waals surface area (Å²) in [6.45, 7) is 0. The molecule has 0 unspecified atom stereocenters. The first kappa shape index (κ1) is 5.94. The average molecular weight is 207 g/mol. The van der Waals surface area contributed by atoms with Gasteiger partial charge in [-0.15, -0.1) is 0 Å². The largest absolute Gasteiger partial charge is 0.278 e. The Morgan fingerprint density at radius 1 is 2.00 bits per heavy atom. The van der Waals surface area contributed by atoms with Crippen molar-refractivity contribution in [3.8, 4) is 0 Å². The van der Waals surface area contributed by atoms with Crippen LogP contribution in [0.25, 0.3) is 0 Å². The Morgan fingerprint density at radius 2 is 2.20 bits per heavy atom. The topological polar surface area (TPSA) is 12.5 Å². The highest BCUT2D eigenvalue weighted by Crippen LogP contribution is 1.99. The molecule has 0 saturated carbocycles. The molecule has 0 saturated heterocycles. The Morgan fingerprint density at radius 3 is 2.20 bits per heavy atom. The molecule has 0 amide bonds. The van der Waals surface area contributed by atoms with Crippen LogP contribution in [0.5, 0.6) is 0 Å². The van der Waals surface area contributed by atoms with Gasteiger partial charge >= 0.3 is 0 Å². The second-order valence-corrected chi connectivity index (χ2v) is 2.14. The fourth-order valence-corrected chi connectivity index (χ4v) is 0. The van der Waals surface area contributed by atoms with E-state index in [1.807, 2.05) is 0 Å². The van der Waals surface area contributed by atoms with Crippen LogP contribution >= 0.6 is 34.6 Å². The van der Waals surface area contributed by atoms with E-state index in [0.29, 0.717) is 0 Å². The Labute approximate surface area is 49.6 Å². The van der Waals surface area contributed by atoms with Crippen LogP contribution < -0.4 is 0 Å². The summed E-state index contributed by atoms with van der Waals surface area (Å²) in [7, 11) is 1.49. The van der Waals surface area contributed by atoms with Gasteiger partial charge in [-0.25, -0.2) is 0 Å². The molecule has 0 aliphatic heterocycles. The summed E-state index contributed by atoms with van der Waals surface area (Å²) in [5, 5.41) is 0. The Hall–Kier alpha value is 0.940. The van der Waals surface area contributed by atoms with Gasteiger partial charge in [-0.1, -0.05) is 0 Å². The van der Waals surface area contributed by atoms with E-state index < -0.39 is 0 Å². The number of nitrogens with zero attached hydrogens (tertiary/aromatic N) is 1. The lowest BCUT2D eigenvalue weighted by molar-refractivity contribution is 0.0618. The van der Waals surface area contributed by atoms with Crippen LogP contribution in [-0.4, -0.2) is 9.91 Å². The highest BCUT2D eigenvalue weighted by atomic mass is 127. The van der Waals surface area contributed by atoms with Crippen LogP contribution in [0, 0.1) is 0 Å². The van der Waals surface area contributed by atoms with Gasteiger partial charge in [0.2, 0.25) is 0 Å². The van der Waals surface area contributed by atoms with Crippen molar-refractivity contribution in [1.29, 1.82) is 0 Å². The van der Waals surface area contributed by atoms with Crippen molar-refractivity contribution in [2.75, 3.05) is 7.11 Å².